The van der Waals surface area contributed by atoms with Gasteiger partial charge in [-0.25, -0.2) is 13.8 Å². The predicted octanol–water partition coefficient (Wildman–Crippen LogP) is 3.12. The quantitative estimate of drug-likeness (QED) is 0.908. The number of aromatic nitrogens is 1. The Balaban J connectivity index is 2.16. The van der Waals surface area contributed by atoms with Crippen molar-refractivity contribution in [2.24, 2.45) is 0 Å². The van der Waals surface area contributed by atoms with E-state index in [-0.39, 0.29) is 0 Å². The lowest BCUT2D eigenvalue weighted by Gasteiger charge is -2.04. The van der Waals surface area contributed by atoms with Gasteiger partial charge in [0.15, 0.2) is 17.4 Å². The molecule has 0 unspecified atom stereocenters. The molecule has 1 aromatic carbocycles. The first-order valence-corrected chi connectivity index (χ1v) is 5.70. The smallest absolute Gasteiger partial charge is 0.208 e. The Morgan fingerprint density at radius 3 is 2.72 bits per heavy atom. The highest BCUT2D eigenvalue weighted by Gasteiger charge is 2.09. The first-order valence-electron chi connectivity index (χ1n) is 5.70. The molecule has 3 nitrogen and oxygen atoms in total. The van der Waals surface area contributed by atoms with Crippen LogP contribution in [0, 0.1) is 11.6 Å². The third-order valence-corrected chi connectivity index (χ3v) is 2.42. The maximum atomic E-state index is 13.1. The summed E-state index contributed by atoms with van der Waals surface area (Å²) < 4.78 is 31.3. The molecule has 1 heterocycles. The van der Waals surface area contributed by atoms with Crippen molar-refractivity contribution in [3.8, 4) is 11.3 Å². The average Bonchev–Trinajstić information content (AvgIpc) is 2.79. The van der Waals surface area contributed by atoms with Gasteiger partial charge in [-0.2, -0.15) is 0 Å². The lowest BCUT2D eigenvalue weighted by molar-refractivity contribution is 0.458. The molecule has 18 heavy (non-hydrogen) atoms. The molecule has 0 saturated carbocycles. The van der Waals surface area contributed by atoms with Gasteiger partial charge < -0.3 is 9.73 Å². The molecule has 0 spiro atoms. The van der Waals surface area contributed by atoms with E-state index >= 15 is 0 Å². The number of benzene rings is 1. The summed E-state index contributed by atoms with van der Waals surface area (Å²) in [7, 11) is 0. The van der Waals surface area contributed by atoms with Crippen molar-refractivity contribution in [3.05, 3.63) is 41.9 Å². The fourth-order valence-corrected chi connectivity index (χ4v) is 1.47. The fraction of sp³-hybridized carbons (Fsp3) is 0.308. The van der Waals surface area contributed by atoms with E-state index < -0.39 is 11.6 Å². The molecular formula is C13H14F2N2O. The number of nitrogens with zero attached hydrogens (tertiary/aromatic N) is 1. The van der Waals surface area contributed by atoms with Gasteiger partial charge in [0, 0.05) is 11.6 Å². The molecule has 2 aromatic rings. The summed E-state index contributed by atoms with van der Waals surface area (Å²) in [5, 5.41) is 3.16. The maximum absolute atomic E-state index is 13.1. The minimum Gasteiger partial charge on any atom is -0.439 e. The third-order valence-electron chi connectivity index (χ3n) is 2.42. The van der Waals surface area contributed by atoms with Crippen molar-refractivity contribution < 1.29 is 13.2 Å². The van der Waals surface area contributed by atoms with Crippen molar-refractivity contribution in [1.82, 2.24) is 10.3 Å². The molecule has 0 atom stereocenters. The highest BCUT2D eigenvalue weighted by Crippen LogP contribution is 2.22. The van der Waals surface area contributed by atoms with Crippen LogP contribution >= 0.6 is 0 Å². The second-order valence-corrected chi connectivity index (χ2v) is 4.28. The molecule has 96 valence electrons. The van der Waals surface area contributed by atoms with Crippen molar-refractivity contribution in [3.63, 3.8) is 0 Å². The van der Waals surface area contributed by atoms with Crippen LogP contribution in [0.3, 0.4) is 0 Å². The second-order valence-electron chi connectivity index (χ2n) is 4.28. The standard InChI is InChI=1S/C13H14F2N2O/c1-8(2)16-7-13-17-6-12(18-13)9-3-4-10(14)11(15)5-9/h3-6,8,16H,7H2,1-2H3. The molecule has 0 amide bonds. The summed E-state index contributed by atoms with van der Waals surface area (Å²) in [6.45, 7) is 4.53. The zero-order chi connectivity index (χ0) is 13.1. The van der Waals surface area contributed by atoms with E-state index in [1.165, 1.54) is 12.3 Å². The molecule has 0 aliphatic carbocycles. The number of rotatable bonds is 4. The Morgan fingerprint density at radius 1 is 1.28 bits per heavy atom. The lowest BCUT2D eigenvalue weighted by atomic mass is 10.2. The molecule has 0 aliphatic heterocycles. The van der Waals surface area contributed by atoms with Gasteiger partial charge in [-0.15, -0.1) is 0 Å². The second kappa shape index (κ2) is 5.27. The number of halogens is 2. The summed E-state index contributed by atoms with van der Waals surface area (Å²) >= 11 is 0. The van der Waals surface area contributed by atoms with Gasteiger partial charge in [0.05, 0.1) is 12.7 Å². The maximum Gasteiger partial charge on any atom is 0.208 e. The van der Waals surface area contributed by atoms with E-state index in [1.807, 2.05) is 13.8 Å². The van der Waals surface area contributed by atoms with E-state index in [0.717, 1.165) is 12.1 Å². The first kappa shape index (κ1) is 12.7. The van der Waals surface area contributed by atoms with E-state index in [0.29, 0.717) is 29.8 Å². The van der Waals surface area contributed by atoms with Gasteiger partial charge in [0.1, 0.15) is 0 Å². The zero-order valence-corrected chi connectivity index (χ0v) is 10.2. The summed E-state index contributed by atoms with van der Waals surface area (Å²) in [6.07, 6.45) is 1.50. The Hall–Kier alpha value is -1.75. The Morgan fingerprint density at radius 2 is 2.06 bits per heavy atom. The lowest BCUT2D eigenvalue weighted by Crippen LogP contribution is -2.21. The Labute approximate surface area is 104 Å². The summed E-state index contributed by atoms with van der Waals surface area (Å²) in [5.74, 6) is -0.830. The van der Waals surface area contributed by atoms with E-state index in [9.17, 15) is 8.78 Å². The van der Waals surface area contributed by atoms with Crippen LogP contribution in [0.5, 0.6) is 0 Å². The van der Waals surface area contributed by atoms with Gasteiger partial charge in [0.2, 0.25) is 5.89 Å². The van der Waals surface area contributed by atoms with Gasteiger partial charge in [0.25, 0.3) is 0 Å². The van der Waals surface area contributed by atoms with E-state index in [2.05, 4.69) is 10.3 Å². The van der Waals surface area contributed by atoms with Crippen molar-refractivity contribution >= 4 is 0 Å². The highest BCUT2D eigenvalue weighted by atomic mass is 19.2. The summed E-state index contributed by atoms with van der Waals surface area (Å²) in [4.78, 5) is 4.07. The number of hydrogen-bond acceptors (Lipinski definition) is 3. The minimum atomic E-state index is -0.897. The van der Waals surface area contributed by atoms with Crippen LogP contribution in [0.4, 0.5) is 8.78 Å². The minimum absolute atomic E-state index is 0.323. The first-order chi connectivity index (χ1) is 8.56. The van der Waals surface area contributed by atoms with Gasteiger partial charge >= 0.3 is 0 Å². The highest BCUT2D eigenvalue weighted by molar-refractivity contribution is 5.56. The van der Waals surface area contributed by atoms with Crippen molar-refractivity contribution in [1.29, 1.82) is 0 Å². The van der Waals surface area contributed by atoms with Crippen LogP contribution in [0.15, 0.2) is 28.8 Å². The number of oxazole rings is 1. The fourth-order valence-electron chi connectivity index (χ4n) is 1.47. The van der Waals surface area contributed by atoms with Crippen LogP contribution < -0.4 is 5.32 Å². The molecule has 0 bridgehead atoms. The van der Waals surface area contributed by atoms with Crippen LogP contribution in [0.2, 0.25) is 0 Å². The largest absolute Gasteiger partial charge is 0.439 e. The van der Waals surface area contributed by atoms with Crippen LogP contribution in [0.25, 0.3) is 11.3 Å². The molecule has 1 N–H and O–H groups in total. The van der Waals surface area contributed by atoms with Crippen LogP contribution in [0.1, 0.15) is 19.7 Å². The molecule has 0 aliphatic rings. The predicted molar refractivity (Wildman–Crippen MR) is 63.8 cm³/mol. The normalized spacial score (nSPS) is 11.2. The number of nitrogens with one attached hydrogen (secondary N) is 1. The monoisotopic (exact) mass is 252 g/mol. The third kappa shape index (κ3) is 2.92. The van der Waals surface area contributed by atoms with Crippen LogP contribution in [-0.4, -0.2) is 11.0 Å². The SMILES string of the molecule is CC(C)NCc1ncc(-c2ccc(F)c(F)c2)o1. The van der Waals surface area contributed by atoms with Gasteiger partial charge in [-0.3, -0.25) is 0 Å². The molecule has 0 fully saturated rings. The Kier molecular flexibility index (Phi) is 3.72. The van der Waals surface area contributed by atoms with E-state index in [4.69, 9.17) is 4.42 Å². The molecule has 1 aromatic heterocycles. The molecule has 5 heteroatoms. The zero-order valence-electron chi connectivity index (χ0n) is 10.2. The van der Waals surface area contributed by atoms with Gasteiger partial charge in [-0.1, -0.05) is 13.8 Å². The Bertz CT molecular complexity index is 538. The van der Waals surface area contributed by atoms with Crippen LogP contribution in [-0.2, 0) is 6.54 Å². The topological polar surface area (TPSA) is 38.1 Å². The summed E-state index contributed by atoms with van der Waals surface area (Å²) in [5.41, 5.74) is 0.470. The molecule has 0 saturated heterocycles. The average molecular weight is 252 g/mol. The molecule has 2 rings (SSSR count). The van der Waals surface area contributed by atoms with Gasteiger partial charge in [-0.05, 0) is 18.2 Å². The van der Waals surface area contributed by atoms with Crippen molar-refractivity contribution in [2.75, 3.05) is 0 Å². The summed E-state index contributed by atoms with van der Waals surface area (Å²) in [6, 6.07) is 3.94. The van der Waals surface area contributed by atoms with Crippen molar-refractivity contribution in [2.45, 2.75) is 26.4 Å². The number of hydrogen-bond donors (Lipinski definition) is 1. The molecule has 0 radical (unpaired) electrons. The van der Waals surface area contributed by atoms with E-state index in [1.54, 1.807) is 0 Å². The molecular weight excluding hydrogens is 238 g/mol.